The highest BCUT2D eigenvalue weighted by Crippen LogP contribution is 2.27. The summed E-state index contributed by atoms with van der Waals surface area (Å²) in [5.41, 5.74) is 7.83. The van der Waals surface area contributed by atoms with E-state index in [1.54, 1.807) is 7.11 Å². The number of ether oxygens (including phenoxy) is 3. The molecule has 4 heteroatoms. The Morgan fingerprint density at radius 2 is 2.22 bits per heavy atom. The topological polar surface area (TPSA) is 53.7 Å². The number of methoxy groups -OCH3 is 1. The molecule has 0 aliphatic carbocycles. The third-order valence-corrected chi connectivity index (χ3v) is 3.24. The molecule has 0 bridgehead atoms. The van der Waals surface area contributed by atoms with Gasteiger partial charge in [0.2, 0.25) is 0 Å². The summed E-state index contributed by atoms with van der Waals surface area (Å²) < 4.78 is 16.6. The second-order valence-electron chi connectivity index (χ2n) is 4.54. The molecule has 1 aliphatic rings. The van der Waals surface area contributed by atoms with Crippen LogP contribution in [0.4, 0.5) is 5.69 Å². The molecule has 4 nitrogen and oxygen atoms in total. The van der Waals surface area contributed by atoms with Crippen molar-refractivity contribution in [3.05, 3.63) is 23.8 Å². The number of benzene rings is 1. The highest BCUT2D eigenvalue weighted by Gasteiger charge is 2.23. The molecule has 0 aromatic heterocycles. The van der Waals surface area contributed by atoms with Gasteiger partial charge in [-0.05, 0) is 30.5 Å². The fourth-order valence-corrected chi connectivity index (χ4v) is 2.06. The first-order chi connectivity index (χ1) is 8.72. The predicted molar refractivity (Wildman–Crippen MR) is 70.6 cm³/mol. The van der Waals surface area contributed by atoms with E-state index in [0.717, 1.165) is 25.0 Å². The van der Waals surface area contributed by atoms with Crippen LogP contribution in [0, 0.1) is 0 Å². The molecule has 0 amide bonds. The average Bonchev–Trinajstić information content (AvgIpc) is 2.42. The van der Waals surface area contributed by atoms with E-state index in [9.17, 15) is 0 Å². The molecule has 1 aromatic carbocycles. The summed E-state index contributed by atoms with van der Waals surface area (Å²) in [5, 5.41) is 0. The van der Waals surface area contributed by atoms with Crippen molar-refractivity contribution in [3.63, 3.8) is 0 Å². The number of nitrogens with two attached hydrogens (primary N) is 1. The van der Waals surface area contributed by atoms with Crippen molar-refractivity contribution in [3.8, 4) is 5.75 Å². The van der Waals surface area contributed by atoms with Crippen LogP contribution in [0.1, 0.15) is 25.3 Å². The minimum atomic E-state index is -0.0934. The molecule has 100 valence electrons. The summed E-state index contributed by atoms with van der Waals surface area (Å²) >= 11 is 0. The van der Waals surface area contributed by atoms with E-state index in [-0.39, 0.29) is 12.4 Å². The molecular weight excluding hydrogens is 230 g/mol. The Bertz CT molecular complexity index is 387. The number of rotatable bonds is 4. The van der Waals surface area contributed by atoms with Crippen LogP contribution in [0.5, 0.6) is 5.75 Å². The van der Waals surface area contributed by atoms with Gasteiger partial charge >= 0.3 is 0 Å². The maximum Gasteiger partial charge on any atom is 0.157 e. The van der Waals surface area contributed by atoms with Crippen LogP contribution in [0.15, 0.2) is 18.2 Å². The van der Waals surface area contributed by atoms with Crippen LogP contribution in [0.3, 0.4) is 0 Å². The van der Waals surface area contributed by atoms with Gasteiger partial charge in [0.05, 0.1) is 12.3 Å². The van der Waals surface area contributed by atoms with E-state index in [4.69, 9.17) is 19.9 Å². The molecule has 0 radical (unpaired) electrons. The number of anilines is 1. The van der Waals surface area contributed by atoms with Crippen molar-refractivity contribution in [2.75, 3.05) is 19.5 Å². The molecular formula is C14H21NO3. The van der Waals surface area contributed by atoms with Gasteiger partial charge < -0.3 is 19.9 Å². The molecule has 1 aromatic rings. The Balaban J connectivity index is 1.97. The second-order valence-corrected chi connectivity index (χ2v) is 4.54. The highest BCUT2D eigenvalue weighted by atomic mass is 16.7. The minimum Gasteiger partial charge on any atom is -0.486 e. The quantitative estimate of drug-likeness (QED) is 0.835. The zero-order valence-corrected chi connectivity index (χ0v) is 11.0. The zero-order chi connectivity index (χ0) is 13.0. The normalized spacial score (nSPS) is 23.9. The zero-order valence-electron chi connectivity index (χ0n) is 11.0. The van der Waals surface area contributed by atoms with Crippen LogP contribution in [-0.2, 0) is 15.9 Å². The number of aryl methyl sites for hydroxylation is 1. The predicted octanol–water partition coefficient (Wildman–Crippen LogP) is 2.36. The monoisotopic (exact) mass is 251 g/mol. The Kier molecular flexibility index (Phi) is 4.44. The first-order valence-electron chi connectivity index (χ1n) is 6.42. The smallest absolute Gasteiger partial charge is 0.157 e. The molecule has 0 spiro atoms. The fraction of sp³-hybridized carbons (Fsp3) is 0.571. The van der Waals surface area contributed by atoms with Crippen molar-refractivity contribution >= 4 is 5.69 Å². The van der Waals surface area contributed by atoms with E-state index in [1.807, 2.05) is 18.2 Å². The number of nitrogen functional groups attached to an aromatic ring is 1. The Morgan fingerprint density at radius 1 is 1.39 bits per heavy atom. The van der Waals surface area contributed by atoms with Crippen LogP contribution in [-0.4, -0.2) is 26.1 Å². The molecule has 2 N–H and O–H groups in total. The summed E-state index contributed by atoms with van der Waals surface area (Å²) in [5.74, 6) is 0.763. The summed E-state index contributed by atoms with van der Waals surface area (Å²) in [6.45, 7) is 2.66. The molecule has 1 saturated heterocycles. The van der Waals surface area contributed by atoms with Crippen molar-refractivity contribution in [2.24, 2.45) is 0 Å². The van der Waals surface area contributed by atoms with Gasteiger partial charge in [0.15, 0.2) is 6.29 Å². The van der Waals surface area contributed by atoms with Gasteiger partial charge in [-0.3, -0.25) is 0 Å². The lowest BCUT2D eigenvalue weighted by atomic mass is 10.1. The van der Waals surface area contributed by atoms with Gasteiger partial charge in [-0.25, -0.2) is 0 Å². The van der Waals surface area contributed by atoms with Crippen LogP contribution >= 0.6 is 0 Å². The van der Waals surface area contributed by atoms with Crippen molar-refractivity contribution in [1.29, 1.82) is 0 Å². The lowest BCUT2D eigenvalue weighted by Crippen LogP contribution is -2.34. The number of hydrogen-bond acceptors (Lipinski definition) is 4. The first kappa shape index (κ1) is 13.2. The lowest BCUT2D eigenvalue weighted by molar-refractivity contribution is -0.168. The van der Waals surface area contributed by atoms with E-state index >= 15 is 0 Å². The summed E-state index contributed by atoms with van der Waals surface area (Å²) in [7, 11) is 1.66. The molecule has 2 unspecified atom stereocenters. The molecule has 18 heavy (non-hydrogen) atoms. The SMILES string of the molecule is CCc1ccc(N)c(OC2CCC(OC)OC2)c1. The van der Waals surface area contributed by atoms with Crippen LogP contribution in [0.2, 0.25) is 0 Å². The maximum atomic E-state index is 5.92. The lowest BCUT2D eigenvalue weighted by Gasteiger charge is -2.28. The largest absolute Gasteiger partial charge is 0.486 e. The molecule has 1 aliphatic heterocycles. The Hall–Kier alpha value is -1.26. The first-order valence-corrected chi connectivity index (χ1v) is 6.42. The maximum absolute atomic E-state index is 5.92. The van der Waals surface area contributed by atoms with Gasteiger partial charge in [0, 0.05) is 13.5 Å². The summed E-state index contributed by atoms with van der Waals surface area (Å²) in [6.07, 6.45) is 2.72. The Labute approximate surface area is 108 Å². The fourth-order valence-electron chi connectivity index (χ4n) is 2.06. The molecule has 1 fully saturated rings. The van der Waals surface area contributed by atoms with Crippen molar-refractivity contribution in [1.82, 2.24) is 0 Å². The number of hydrogen-bond donors (Lipinski definition) is 1. The van der Waals surface area contributed by atoms with Gasteiger partial charge in [-0.15, -0.1) is 0 Å². The van der Waals surface area contributed by atoms with Crippen molar-refractivity contribution < 1.29 is 14.2 Å². The van der Waals surface area contributed by atoms with Crippen molar-refractivity contribution in [2.45, 2.75) is 38.6 Å². The van der Waals surface area contributed by atoms with E-state index in [0.29, 0.717) is 12.3 Å². The van der Waals surface area contributed by atoms with Gasteiger partial charge in [0.1, 0.15) is 11.9 Å². The molecule has 2 atom stereocenters. The highest BCUT2D eigenvalue weighted by molar-refractivity contribution is 5.54. The molecule has 1 heterocycles. The average molecular weight is 251 g/mol. The van der Waals surface area contributed by atoms with Gasteiger partial charge in [-0.1, -0.05) is 13.0 Å². The van der Waals surface area contributed by atoms with Gasteiger partial charge in [0.25, 0.3) is 0 Å². The molecule has 2 rings (SSSR count). The third kappa shape index (κ3) is 3.15. The van der Waals surface area contributed by atoms with Crippen LogP contribution in [0.25, 0.3) is 0 Å². The standard InChI is InChI=1S/C14H21NO3/c1-3-10-4-6-12(15)13(8-10)18-11-5-7-14(16-2)17-9-11/h4,6,8,11,14H,3,5,7,9,15H2,1-2H3. The van der Waals surface area contributed by atoms with E-state index in [1.165, 1.54) is 5.56 Å². The van der Waals surface area contributed by atoms with E-state index in [2.05, 4.69) is 6.92 Å². The van der Waals surface area contributed by atoms with Crippen LogP contribution < -0.4 is 10.5 Å². The second kappa shape index (κ2) is 6.07. The Morgan fingerprint density at radius 3 is 2.83 bits per heavy atom. The van der Waals surface area contributed by atoms with E-state index < -0.39 is 0 Å². The molecule has 0 saturated carbocycles. The minimum absolute atomic E-state index is 0.0609. The summed E-state index contributed by atoms with van der Waals surface area (Å²) in [4.78, 5) is 0. The third-order valence-electron chi connectivity index (χ3n) is 3.24. The summed E-state index contributed by atoms with van der Waals surface area (Å²) in [6, 6.07) is 5.94. The van der Waals surface area contributed by atoms with Gasteiger partial charge in [-0.2, -0.15) is 0 Å².